The maximum Gasteiger partial charge on any atom is 0.123 e. The van der Waals surface area contributed by atoms with Crippen LogP contribution in [-0.2, 0) is 5.54 Å². The molecule has 0 fully saturated rings. The molecule has 5 nitrogen and oxygen atoms in total. The Labute approximate surface area is 229 Å². The molecular weight excluding hydrogens is 480 g/mol. The van der Waals surface area contributed by atoms with E-state index in [1.807, 2.05) is 50.2 Å². The number of nitrogens with two attached hydrogens (primary N) is 1. The molecule has 0 aliphatic heterocycles. The third kappa shape index (κ3) is 5.39. The monoisotopic (exact) mass is 512 g/mol. The van der Waals surface area contributed by atoms with Crippen molar-refractivity contribution in [2.24, 2.45) is 0 Å². The largest absolute Gasteiger partial charge is 0.491 e. The van der Waals surface area contributed by atoms with Gasteiger partial charge in [-0.15, -0.1) is 0 Å². The number of ether oxygens (including phenoxy) is 1. The molecule has 5 heteroatoms. The molecule has 5 aromatic rings. The van der Waals surface area contributed by atoms with E-state index in [-0.39, 0.29) is 6.10 Å². The van der Waals surface area contributed by atoms with Crippen LogP contribution >= 0.6 is 0 Å². The minimum atomic E-state index is -0.740. The van der Waals surface area contributed by atoms with E-state index >= 15 is 0 Å². The Morgan fingerprint density at radius 2 is 1.31 bits per heavy atom. The lowest BCUT2D eigenvalue weighted by Gasteiger charge is -2.38. The minimum absolute atomic E-state index is 0.000500. The van der Waals surface area contributed by atoms with Crippen molar-refractivity contribution < 1.29 is 4.74 Å². The Bertz CT molecular complexity index is 1450. The quantitative estimate of drug-likeness (QED) is 0.143. The fourth-order valence-corrected chi connectivity index (χ4v) is 4.93. The van der Waals surface area contributed by atoms with Crippen LogP contribution < -0.4 is 15.8 Å². The van der Waals surface area contributed by atoms with Crippen LogP contribution in [0.15, 0.2) is 128 Å². The lowest BCUT2D eigenvalue weighted by atomic mass is 9.76. The second-order valence-electron chi connectivity index (χ2n) is 9.69. The van der Waals surface area contributed by atoms with E-state index in [4.69, 9.17) is 10.5 Å². The van der Waals surface area contributed by atoms with E-state index in [0.29, 0.717) is 28.4 Å². The minimum Gasteiger partial charge on any atom is -0.491 e. The van der Waals surface area contributed by atoms with Crippen LogP contribution in [0.4, 0.5) is 11.5 Å². The fourth-order valence-electron chi connectivity index (χ4n) is 4.93. The van der Waals surface area contributed by atoms with Crippen molar-refractivity contribution in [3.63, 3.8) is 0 Å². The van der Waals surface area contributed by atoms with Gasteiger partial charge >= 0.3 is 0 Å². The molecule has 1 aromatic heterocycles. The smallest absolute Gasteiger partial charge is 0.123 e. The maximum atomic E-state index is 9.23. The predicted octanol–water partition coefficient (Wildman–Crippen LogP) is 7.27. The maximum absolute atomic E-state index is 9.23. The number of benzene rings is 4. The third-order valence-electron chi connectivity index (χ3n) is 6.64. The van der Waals surface area contributed by atoms with E-state index < -0.39 is 5.54 Å². The van der Waals surface area contributed by atoms with Crippen LogP contribution in [0.25, 0.3) is 0 Å². The first-order valence-corrected chi connectivity index (χ1v) is 13.0. The summed E-state index contributed by atoms with van der Waals surface area (Å²) in [4.78, 5) is 4.11. The molecule has 0 saturated heterocycles. The molecular formula is C34H32N4O. The molecule has 5 rings (SSSR count). The van der Waals surface area contributed by atoms with Gasteiger partial charge in [-0.2, -0.15) is 0 Å². The number of aromatic nitrogens is 1. The average Bonchev–Trinajstić information content (AvgIpc) is 2.97. The van der Waals surface area contributed by atoms with Crippen LogP contribution in [0.2, 0.25) is 0 Å². The molecule has 194 valence electrons. The van der Waals surface area contributed by atoms with Crippen molar-refractivity contribution in [1.82, 2.24) is 4.98 Å². The lowest BCUT2D eigenvalue weighted by molar-refractivity contribution is 0.242. The van der Waals surface area contributed by atoms with Crippen molar-refractivity contribution in [2.45, 2.75) is 25.5 Å². The number of rotatable bonds is 9. The Morgan fingerprint density at radius 3 is 1.79 bits per heavy atom. The Balaban J connectivity index is 1.75. The van der Waals surface area contributed by atoms with E-state index in [1.165, 1.54) is 0 Å². The molecule has 0 atom stereocenters. The van der Waals surface area contributed by atoms with Crippen LogP contribution in [0, 0.1) is 5.41 Å². The summed E-state index contributed by atoms with van der Waals surface area (Å²) in [5, 5.41) is 13.1. The molecule has 0 aliphatic rings. The van der Waals surface area contributed by atoms with Gasteiger partial charge in [-0.1, -0.05) is 91.0 Å². The van der Waals surface area contributed by atoms with Crippen molar-refractivity contribution in [3.8, 4) is 5.75 Å². The summed E-state index contributed by atoms with van der Waals surface area (Å²) in [6, 6.07) is 40.6. The van der Waals surface area contributed by atoms with Gasteiger partial charge in [0.05, 0.1) is 11.8 Å². The van der Waals surface area contributed by atoms with Crippen LogP contribution in [-0.4, -0.2) is 16.8 Å². The number of hydrogen-bond donors (Lipinski definition) is 3. The van der Waals surface area contributed by atoms with Gasteiger partial charge in [0.25, 0.3) is 0 Å². The van der Waals surface area contributed by atoms with E-state index in [9.17, 15) is 5.41 Å². The summed E-state index contributed by atoms with van der Waals surface area (Å²) in [6.07, 6.45) is 1.63. The number of pyridine rings is 1. The highest BCUT2D eigenvalue weighted by atomic mass is 16.5. The zero-order valence-electron chi connectivity index (χ0n) is 22.1. The van der Waals surface area contributed by atoms with Gasteiger partial charge in [-0.3, -0.25) is 5.41 Å². The van der Waals surface area contributed by atoms with Crippen LogP contribution in [0.5, 0.6) is 5.75 Å². The van der Waals surface area contributed by atoms with E-state index in [2.05, 4.69) is 83.1 Å². The van der Waals surface area contributed by atoms with Gasteiger partial charge in [0.2, 0.25) is 0 Å². The fraction of sp³-hybridized carbons (Fsp3) is 0.118. The van der Waals surface area contributed by atoms with E-state index in [1.54, 1.807) is 18.3 Å². The first-order chi connectivity index (χ1) is 19.0. The molecule has 0 saturated carbocycles. The molecule has 4 N–H and O–H groups in total. The number of nitrogen functional groups attached to an aromatic ring is 1. The first-order valence-electron chi connectivity index (χ1n) is 13.0. The van der Waals surface area contributed by atoms with Gasteiger partial charge in [-0.05, 0) is 60.9 Å². The average molecular weight is 513 g/mol. The van der Waals surface area contributed by atoms with Crippen LogP contribution in [0.1, 0.15) is 41.7 Å². The zero-order chi connectivity index (χ0) is 27.2. The molecule has 0 aliphatic carbocycles. The molecule has 0 unspecified atom stereocenters. The lowest BCUT2D eigenvalue weighted by Crippen LogP contribution is -2.38. The summed E-state index contributed by atoms with van der Waals surface area (Å²) in [5.41, 5.74) is 11.0. The molecule has 0 amide bonds. The van der Waals surface area contributed by atoms with E-state index in [0.717, 1.165) is 22.4 Å². The third-order valence-corrected chi connectivity index (χ3v) is 6.64. The molecule has 1 heterocycles. The van der Waals surface area contributed by atoms with Crippen molar-refractivity contribution in [1.29, 1.82) is 5.41 Å². The van der Waals surface area contributed by atoms with Crippen molar-refractivity contribution in [2.75, 3.05) is 11.1 Å². The van der Waals surface area contributed by atoms with Crippen molar-refractivity contribution in [3.05, 3.63) is 155 Å². The molecule has 0 radical (unpaired) electrons. The van der Waals surface area contributed by atoms with Gasteiger partial charge in [0.15, 0.2) is 0 Å². The standard InChI is InChI=1S/C34H32N4O/c1-24(2)39-29-18-19-31(30(23-29)33(36)25-20-21-37-32(35)22-25)38-34(26-12-6-3-7-13-26,27-14-8-4-9-15-27)28-16-10-5-11-17-28/h3-24,36,38H,1-2H3,(H2,35,37). The van der Waals surface area contributed by atoms with Gasteiger partial charge in [-0.25, -0.2) is 4.98 Å². The summed E-state index contributed by atoms with van der Waals surface area (Å²) in [5.74, 6) is 1.07. The Hall–Kier alpha value is -4.90. The Kier molecular flexibility index (Phi) is 7.41. The molecule has 0 bridgehead atoms. The molecule has 39 heavy (non-hydrogen) atoms. The molecule has 4 aromatic carbocycles. The topological polar surface area (TPSA) is 84.0 Å². The summed E-state index contributed by atoms with van der Waals surface area (Å²) in [6.45, 7) is 3.98. The Morgan fingerprint density at radius 1 is 0.769 bits per heavy atom. The highest BCUT2D eigenvalue weighted by molar-refractivity contribution is 6.14. The highest BCUT2D eigenvalue weighted by Crippen LogP contribution is 2.41. The second kappa shape index (κ2) is 11.2. The SMILES string of the molecule is CC(C)Oc1ccc(NC(c2ccccc2)(c2ccccc2)c2ccccc2)c(C(=N)c2ccnc(N)c2)c1. The molecule has 0 spiro atoms. The summed E-state index contributed by atoms with van der Waals surface area (Å²) in [7, 11) is 0. The van der Waals surface area contributed by atoms with Crippen LogP contribution in [0.3, 0.4) is 0 Å². The van der Waals surface area contributed by atoms with Gasteiger partial charge in [0, 0.05) is 23.0 Å². The summed E-state index contributed by atoms with van der Waals surface area (Å²) < 4.78 is 6.04. The zero-order valence-corrected chi connectivity index (χ0v) is 22.1. The number of nitrogens with one attached hydrogen (secondary N) is 2. The number of hydrogen-bond acceptors (Lipinski definition) is 5. The number of nitrogens with zero attached hydrogens (tertiary/aromatic N) is 1. The first kappa shape index (κ1) is 25.7. The van der Waals surface area contributed by atoms with Gasteiger partial charge in [0.1, 0.15) is 17.1 Å². The normalized spacial score (nSPS) is 11.3. The van der Waals surface area contributed by atoms with Gasteiger partial charge < -0.3 is 15.8 Å². The predicted molar refractivity (Wildman–Crippen MR) is 160 cm³/mol. The summed E-state index contributed by atoms with van der Waals surface area (Å²) >= 11 is 0. The highest BCUT2D eigenvalue weighted by Gasteiger charge is 2.37. The second-order valence-corrected chi connectivity index (χ2v) is 9.69. The number of anilines is 2. The van der Waals surface area contributed by atoms with Crippen molar-refractivity contribution >= 4 is 17.2 Å².